The number of nitrogens with one attached hydrogen (secondary N) is 1. The molecule has 0 radical (unpaired) electrons. The molecule has 0 saturated heterocycles. The quantitative estimate of drug-likeness (QED) is 0.563. The van der Waals surface area contributed by atoms with Crippen molar-refractivity contribution >= 4 is 11.4 Å². The highest BCUT2D eigenvalue weighted by molar-refractivity contribution is 5.59. The van der Waals surface area contributed by atoms with Crippen LogP contribution in [-0.4, -0.2) is 27.7 Å². The molecule has 0 saturated carbocycles. The summed E-state index contributed by atoms with van der Waals surface area (Å²) in [6, 6.07) is 1.51. The van der Waals surface area contributed by atoms with E-state index < -0.39 is 11.0 Å². The molecule has 0 aliphatic rings. The molecule has 1 aromatic heterocycles. The van der Waals surface area contributed by atoms with Crippen molar-refractivity contribution in [2.45, 2.75) is 19.4 Å². The molecular weight excluding hydrogens is 198 g/mol. The Morgan fingerprint density at radius 2 is 2.47 bits per heavy atom. The van der Waals surface area contributed by atoms with Crippen LogP contribution in [0.15, 0.2) is 18.5 Å². The van der Waals surface area contributed by atoms with Crippen LogP contribution >= 0.6 is 0 Å². The van der Waals surface area contributed by atoms with Crippen LogP contribution in [-0.2, 0) is 0 Å². The molecule has 0 aromatic carbocycles. The maximum Gasteiger partial charge on any atom is 0.310 e. The zero-order valence-corrected chi connectivity index (χ0v) is 8.38. The molecule has 1 heterocycles. The van der Waals surface area contributed by atoms with Crippen molar-refractivity contribution in [3.63, 3.8) is 0 Å². The molecule has 0 spiro atoms. The molecule has 15 heavy (non-hydrogen) atoms. The molecule has 6 nitrogen and oxygen atoms in total. The van der Waals surface area contributed by atoms with E-state index in [4.69, 9.17) is 0 Å². The van der Waals surface area contributed by atoms with E-state index in [1.807, 2.05) is 6.92 Å². The van der Waals surface area contributed by atoms with Crippen LogP contribution in [0.5, 0.6) is 0 Å². The van der Waals surface area contributed by atoms with Crippen LogP contribution in [0.3, 0.4) is 0 Å². The molecule has 1 aromatic rings. The molecular formula is C9H13N3O3. The van der Waals surface area contributed by atoms with E-state index in [0.29, 0.717) is 18.7 Å². The van der Waals surface area contributed by atoms with Gasteiger partial charge in [-0.2, -0.15) is 0 Å². The first kappa shape index (κ1) is 11.4. The first-order valence-corrected chi connectivity index (χ1v) is 4.65. The minimum atomic E-state index is -0.506. The van der Waals surface area contributed by atoms with Gasteiger partial charge in [-0.25, -0.2) is 0 Å². The number of hydrogen-bond donors (Lipinski definition) is 2. The van der Waals surface area contributed by atoms with E-state index in [1.54, 1.807) is 0 Å². The van der Waals surface area contributed by atoms with Crippen LogP contribution in [0.25, 0.3) is 0 Å². The van der Waals surface area contributed by atoms with E-state index in [-0.39, 0.29) is 5.69 Å². The average molecular weight is 211 g/mol. The predicted molar refractivity (Wildman–Crippen MR) is 55.7 cm³/mol. The Hall–Kier alpha value is -1.69. The van der Waals surface area contributed by atoms with Crippen molar-refractivity contribution in [1.82, 2.24) is 4.98 Å². The lowest BCUT2D eigenvalue weighted by atomic mass is 10.2. The van der Waals surface area contributed by atoms with Crippen molar-refractivity contribution < 1.29 is 10.0 Å². The number of aliphatic hydroxyl groups excluding tert-OH is 1. The monoisotopic (exact) mass is 211 g/mol. The minimum Gasteiger partial charge on any atom is -0.391 e. The fraction of sp³-hybridized carbons (Fsp3) is 0.444. The van der Waals surface area contributed by atoms with E-state index in [0.717, 1.165) is 0 Å². The van der Waals surface area contributed by atoms with E-state index in [2.05, 4.69) is 10.3 Å². The van der Waals surface area contributed by atoms with E-state index in [9.17, 15) is 15.2 Å². The van der Waals surface area contributed by atoms with Crippen molar-refractivity contribution in [2.24, 2.45) is 0 Å². The summed E-state index contributed by atoms with van der Waals surface area (Å²) >= 11 is 0. The lowest BCUT2D eigenvalue weighted by Crippen LogP contribution is -2.18. The highest BCUT2D eigenvalue weighted by atomic mass is 16.6. The molecule has 0 bridgehead atoms. The van der Waals surface area contributed by atoms with Crippen molar-refractivity contribution in [3.8, 4) is 0 Å². The Morgan fingerprint density at radius 1 is 1.73 bits per heavy atom. The summed E-state index contributed by atoms with van der Waals surface area (Å²) in [7, 11) is 0. The van der Waals surface area contributed by atoms with Gasteiger partial charge < -0.3 is 10.4 Å². The molecule has 2 N–H and O–H groups in total. The van der Waals surface area contributed by atoms with Gasteiger partial charge in [0.15, 0.2) is 0 Å². The average Bonchev–Trinajstić information content (AvgIpc) is 2.26. The van der Waals surface area contributed by atoms with Gasteiger partial charge in [-0.15, -0.1) is 0 Å². The van der Waals surface area contributed by atoms with Crippen LogP contribution in [0.4, 0.5) is 11.4 Å². The summed E-state index contributed by atoms with van der Waals surface area (Å²) in [6.07, 6.45) is 2.75. The van der Waals surface area contributed by atoms with Gasteiger partial charge in [0, 0.05) is 12.7 Å². The van der Waals surface area contributed by atoms with Gasteiger partial charge in [-0.3, -0.25) is 15.1 Å². The highest BCUT2D eigenvalue weighted by Gasteiger charge is 2.13. The molecule has 1 unspecified atom stereocenters. The maximum absolute atomic E-state index is 10.6. The van der Waals surface area contributed by atoms with Crippen LogP contribution in [0, 0.1) is 10.1 Å². The van der Waals surface area contributed by atoms with Gasteiger partial charge in [-0.1, -0.05) is 6.92 Å². The smallest absolute Gasteiger partial charge is 0.310 e. The Bertz CT molecular complexity index is 343. The summed E-state index contributed by atoms with van der Waals surface area (Å²) in [6.45, 7) is 2.13. The number of aliphatic hydroxyl groups is 1. The van der Waals surface area contributed by atoms with Gasteiger partial charge in [0.2, 0.25) is 0 Å². The first-order valence-electron chi connectivity index (χ1n) is 4.65. The molecule has 82 valence electrons. The molecule has 0 aliphatic carbocycles. The van der Waals surface area contributed by atoms with Gasteiger partial charge in [0.05, 0.1) is 11.0 Å². The number of aromatic nitrogens is 1. The number of rotatable bonds is 5. The molecule has 6 heteroatoms. The number of nitrogens with zero attached hydrogens (tertiary/aromatic N) is 2. The number of pyridine rings is 1. The second-order valence-electron chi connectivity index (χ2n) is 3.09. The third kappa shape index (κ3) is 3.17. The summed E-state index contributed by atoms with van der Waals surface area (Å²) in [5.41, 5.74) is 0.295. The zero-order valence-electron chi connectivity index (χ0n) is 8.38. The second kappa shape index (κ2) is 5.26. The number of hydrogen-bond acceptors (Lipinski definition) is 5. The Morgan fingerprint density at radius 3 is 3.07 bits per heavy atom. The standard InChI is InChI=1S/C9H13N3O3/c1-2-7(13)5-11-8-3-4-10-6-9(8)12(14)15/h3-4,6-7,13H,2,5H2,1H3,(H,10,11). The van der Waals surface area contributed by atoms with Gasteiger partial charge in [-0.05, 0) is 12.5 Å². The maximum atomic E-state index is 10.6. The lowest BCUT2D eigenvalue weighted by molar-refractivity contribution is -0.384. The zero-order chi connectivity index (χ0) is 11.3. The van der Waals surface area contributed by atoms with Crippen molar-refractivity contribution in [3.05, 3.63) is 28.6 Å². The second-order valence-corrected chi connectivity index (χ2v) is 3.09. The summed E-state index contributed by atoms with van der Waals surface area (Å²) in [5, 5.41) is 22.7. The largest absolute Gasteiger partial charge is 0.391 e. The Balaban J connectivity index is 2.72. The topological polar surface area (TPSA) is 88.3 Å². The summed E-state index contributed by atoms with van der Waals surface area (Å²) in [4.78, 5) is 13.8. The normalized spacial score (nSPS) is 12.1. The first-order chi connectivity index (χ1) is 7.15. The molecule has 1 rings (SSSR count). The summed E-state index contributed by atoms with van der Waals surface area (Å²) < 4.78 is 0. The number of anilines is 1. The minimum absolute atomic E-state index is 0.0826. The van der Waals surface area contributed by atoms with Gasteiger partial charge in [0.1, 0.15) is 11.9 Å². The summed E-state index contributed by atoms with van der Waals surface area (Å²) in [5.74, 6) is 0. The Kier molecular flexibility index (Phi) is 3.99. The van der Waals surface area contributed by atoms with E-state index >= 15 is 0 Å². The molecule has 0 amide bonds. The van der Waals surface area contributed by atoms with E-state index in [1.165, 1.54) is 18.5 Å². The third-order valence-corrected chi connectivity index (χ3v) is 2.00. The fourth-order valence-corrected chi connectivity index (χ4v) is 1.05. The van der Waals surface area contributed by atoms with Crippen LogP contribution in [0.2, 0.25) is 0 Å². The van der Waals surface area contributed by atoms with Gasteiger partial charge in [0.25, 0.3) is 0 Å². The van der Waals surface area contributed by atoms with Crippen molar-refractivity contribution in [2.75, 3.05) is 11.9 Å². The SMILES string of the molecule is CCC(O)CNc1ccncc1[N+](=O)[O-]. The third-order valence-electron chi connectivity index (χ3n) is 2.00. The lowest BCUT2D eigenvalue weighted by Gasteiger charge is -2.10. The molecule has 1 atom stereocenters. The molecule has 0 fully saturated rings. The highest BCUT2D eigenvalue weighted by Crippen LogP contribution is 2.21. The predicted octanol–water partition coefficient (Wildman–Crippen LogP) is 1.17. The van der Waals surface area contributed by atoms with Crippen LogP contribution in [0.1, 0.15) is 13.3 Å². The number of nitro groups is 1. The Labute approximate surface area is 87.1 Å². The van der Waals surface area contributed by atoms with Gasteiger partial charge >= 0.3 is 5.69 Å². The molecule has 0 aliphatic heterocycles. The van der Waals surface area contributed by atoms with Crippen molar-refractivity contribution in [1.29, 1.82) is 0 Å². The fourth-order valence-electron chi connectivity index (χ4n) is 1.05. The van der Waals surface area contributed by atoms with Crippen LogP contribution < -0.4 is 5.32 Å².